The summed E-state index contributed by atoms with van der Waals surface area (Å²) in [7, 11) is 0. The highest BCUT2D eigenvalue weighted by molar-refractivity contribution is 7.80. The zero-order chi connectivity index (χ0) is 16.0. The molecular formula is C10H7F4N3O3S. The minimum Gasteiger partial charge on any atom is -0.459 e. The van der Waals surface area contributed by atoms with Gasteiger partial charge in [0.2, 0.25) is 0 Å². The molecule has 0 aliphatic heterocycles. The van der Waals surface area contributed by atoms with E-state index in [-0.39, 0.29) is 12.5 Å². The Bertz CT molecular complexity index is 579. The van der Waals surface area contributed by atoms with Crippen molar-refractivity contribution in [3.63, 3.8) is 0 Å². The van der Waals surface area contributed by atoms with Gasteiger partial charge >= 0.3 is 5.97 Å². The van der Waals surface area contributed by atoms with E-state index in [9.17, 15) is 22.4 Å². The molecule has 0 radical (unpaired) electrons. The van der Waals surface area contributed by atoms with Gasteiger partial charge in [-0.3, -0.25) is 0 Å². The molecule has 1 aromatic carbocycles. The highest BCUT2D eigenvalue weighted by atomic mass is 32.1. The van der Waals surface area contributed by atoms with Crippen LogP contribution >= 0.6 is 12.6 Å². The van der Waals surface area contributed by atoms with Crippen LogP contribution in [-0.4, -0.2) is 25.1 Å². The Morgan fingerprint density at radius 1 is 1.14 bits per heavy atom. The van der Waals surface area contributed by atoms with Crippen LogP contribution in [0.25, 0.3) is 10.4 Å². The summed E-state index contributed by atoms with van der Waals surface area (Å²) in [5.74, 6) is -9.63. The van der Waals surface area contributed by atoms with Crippen molar-refractivity contribution in [1.82, 2.24) is 0 Å². The molecular weight excluding hydrogens is 318 g/mol. The Morgan fingerprint density at radius 2 is 1.71 bits per heavy atom. The summed E-state index contributed by atoms with van der Waals surface area (Å²) in [6.45, 7) is -0.528. The Morgan fingerprint density at radius 3 is 2.19 bits per heavy atom. The summed E-state index contributed by atoms with van der Waals surface area (Å²) in [5, 5.41) is 2.48. The normalized spacial score (nSPS) is 10.1. The molecule has 0 saturated carbocycles. The molecule has 1 rings (SSSR count). The summed E-state index contributed by atoms with van der Waals surface area (Å²) >= 11 is 3.68. The number of carbonyl (C=O) groups excluding carboxylic acids is 1. The summed E-state index contributed by atoms with van der Waals surface area (Å²) in [6.07, 6.45) is 0. The molecule has 0 spiro atoms. The smallest absolute Gasteiger partial charge is 0.344 e. The van der Waals surface area contributed by atoms with Crippen molar-refractivity contribution in [1.29, 1.82) is 0 Å². The number of hydrogen-bond donors (Lipinski definition) is 1. The maximum absolute atomic E-state index is 13.5. The van der Waals surface area contributed by atoms with E-state index in [1.165, 1.54) is 0 Å². The molecule has 0 saturated heterocycles. The fraction of sp³-hybridized carbons (Fsp3) is 0.300. The minimum absolute atomic E-state index is 0.0182. The lowest BCUT2D eigenvalue weighted by molar-refractivity contribution is 0.0363. The molecule has 0 aliphatic rings. The van der Waals surface area contributed by atoms with Gasteiger partial charge in [-0.2, -0.15) is 12.6 Å². The first-order valence-corrected chi connectivity index (χ1v) is 5.85. The van der Waals surface area contributed by atoms with Crippen LogP contribution in [0.15, 0.2) is 5.11 Å². The van der Waals surface area contributed by atoms with Crippen LogP contribution in [0, 0.1) is 23.3 Å². The number of hydrogen-bond acceptors (Lipinski definition) is 5. The second kappa shape index (κ2) is 7.72. The first kappa shape index (κ1) is 17.1. The van der Waals surface area contributed by atoms with E-state index in [1.54, 1.807) is 0 Å². The Hall–Kier alpha value is -1.97. The highest BCUT2D eigenvalue weighted by Crippen LogP contribution is 2.30. The first-order chi connectivity index (χ1) is 9.95. The van der Waals surface area contributed by atoms with Crippen LogP contribution in [0.2, 0.25) is 0 Å². The fourth-order valence-electron chi connectivity index (χ4n) is 1.26. The summed E-state index contributed by atoms with van der Waals surface area (Å²) in [6, 6.07) is 0. The second-order valence-electron chi connectivity index (χ2n) is 3.34. The minimum atomic E-state index is -2.02. The van der Waals surface area contributed by atoms with E-state index in [2.05, 4.69) is 27.2 Å². The number of thiol groups is 1. The molecule has 0 aliphatic carbocycles. The molecule has 0 bridgehead atoms. The van der Waals surface area contributed by atoms with Crippen molar-refractivity contribution in [3.05, 3.63) is 39.3 Å². The van der Waals surface area contributed by atoms with Crippen molar-refractivity contribution in [2.45, 2.75) is 0 Å². The monoisotopic (exact) mass is 325 g/mol. The third-order valence-corrected chi connectivity index (χ3v) is 2.32. The lowest BCUT2D eigenvalue weighted by atomic mass is 10.1. The molecule has 0 heterocycles. The van der Waals surface area contributed by atoms with Gasteiger partial charge < -0.3 is 9.47 Å². The van der Waals surface area contributed by atoms with E-state index < -0.39 is 47.1 Å². The van der Waals surface area contributed by atoms with E-state index in [4.69, 9.17) is 5.53 Å². The van der Waals surface area contributed by atoms with Crippen LogP contribution in [0.4, 0.5) is 23.2 Å². The molecule has 0 aromatic heterocycles. The third kappa shape index (κ3) is 3.78. The second-order valence-corrected chi connectivity index (χ2v) is 3.60. The van der Waals surface area contributed by atoms with Crippen LogP contribution in [0.3, 0.4) is 0 Å². The molecule has 114 valence electrons. The maximum atomic E-state index is 13.5. The van der Waals surface area contributed by atoms with Gasteiger partial charge in [0.15, 0.2) is 23.3 Å². The molecule has 0 N–H and O–H groups in total. The molecule has 0 unspecified atom stereocenters. The SMILES string of the molecule is [N-]=[N+]=Nc1c(F)c(F)c(C(=O)OCCOCS)c(F)c1F. The van der Waals surface area contributed by atoms with Crippen LogP contribution in [0.1, 0.15) is 10.4 Å². The molecule has 21 heavy (non-hydrogen) atoms. The standard InChI is InChI=1S/C10H7F4N3O3S/c11-5-4(10(18)20-2-1-19-3-21)6(12)8(14)9(7(5)13)16-17-15/h21H,1-3H2. The molecule has 6 nitrogen and oxygen atoms in total. The number of esters is 1. The van der Waals surface area contributed by atoms with Crippen LogP contribution in [0.5, 0.6) is 0 Å². The van der Waals surface area contributed by atoms with E-state index >= 15 is 0 Å². The van der Waals surface area contributed by atoms with Gasteiger partial charge in [-0.15, -0.1) is 0 Å². The molecule has 0 fully saturated rings. The van der Waals surface area contributed by atoms with Gasteiger partial charge in [-0.25, -0.2) is 22.4 Å². The van der Waals surface area contributed by atoms with Gasteiger partial charge in [-0.05, 0) is 5.53 Å². The number of azide groups is 1. The topological polar surface area (TPSA) is 84.3 Å². The van der Waals surface area contributed by atoms with Crippen molar-refractivity contribution in [3.8, 4) is 0 Å². The Kier molecular flexibility index (Phi) is 6.28. The number of ether oxygens (including phenoxy) is 2. The molecule has 1 aromatic rings. The zero-order valence-corrected chi connectivity index (χ0v) is 11.0. The van der Waals surface area contributed by atoms with Crippen molar-refractivity contribution < 1.29 is 31.8 Å². The Balaban J connectivity index is 3.14. The van der Waals surface area contributed by atoms with Crippen LogP contribution in [-0.2, 0) is 9.47 Å². The van der Waals surface area contributed by atoms with Crippen LogP contribution < -0.4 is 0 Å². The largest absolute Gasteiger partial charge is 0.459 e. The zero-order valence-electron chi connectivity index (χ0n) is 10.1. The van der Waals surface area contributed by atoms with Gasteiger partial charge in [0.1, 0.15) is 17.9 Å². The fourth-order valence-corrected chi connectivity index (χ4v) is 1.39. The average molecular weight is 325 g/mol. The van der Waals surface area contributed by atoms with Crippen molar-refractivity contribution >= 4 is 24.3 Å². The van der Waals surface area contributed by atoms with E-state index in [1.807, 2.05) is 4.91 Å². The predicted octanol–water partition coefficient (Wildman–Crippen LogP) is 3.25. The van der Waals surface area contributed by atoms with E-state index in [0.717, 1.165) is 0 Å². The van der Waals surface area contributed by atoms with Gasteiger partial charge in [0.25, 0.3) is 0 Å². The number of rotatable bonds is 6. The maximum Gasteiger partial charge on any atom is 0.344 e. The summed E-state index contributed by atoms with van der Waals surface area (Å²) in [4.78, 5) is 13.4. The number of nitrogens with zero attached hydrogens (tertiary/aromatic N) is 3. The Labute approximate surface area is 120 Å². The summed E-state index contributed by atoms with van der Waals surface area (Å²) < 4.78 is 63.0. The lowest BCUT2D eigenvalue weighted by Crippen LogP contribution is -2.16. The van der Waals surface area contributed by atoms with Crippen molar-refractivity contribution in [2.75, 3.05) is 19.2 Å². The first-order valence-electron chi connectivity index (χ1n) is 5.22. The molecule has 11 heteroatoms. The molecule has 0 amide bonds. The number of carbonyl (C=O) groups is 1. The average Bonchev–Trinajstić information content (AvgIpc) is 2.46. The predicted molar refractivity (Wildman–Crippen MR) is 65.2 cm³/mol. The molecule has 0 atom stereocenters. The number of benzene rings is 1. The van der Waals surface area contributed by atoms with Gasteiger partial charge in [0, 0.05) is 4.91 Å². The highest BCUT2D eigenvalue weighted by Gasteiger charge is 2.29. The summed E-state index contributed by atoms with van der Waals surface area (Å²) in [5.41, 5.74) is 4.99. The van der Waals surface area contributed by atoms with Crippen molar-refractivity contribution in [2.24, 2.45) is 5.11 Å². The lowest BCUT2D eigenvalue weighted by Gasteiger charge is -2.09. The third-order valence-electron chi connectivity index (χ3n) is 2.14. The van der Waals surface area contributed by atoms with Gasteiger partial charge in [0.05, 0.1) is 12.5 Å². The number of halogens is 4. The van der Waals surface area contributed by atoms with E-state index in [0.29, 0.717) is 0 Å². The quantitative estimate of drug-likeness (QED) is 0.100. The van der Waals surface area contributed by atoms with Gasteiger partial charge in [-0.1, -0.05) is 5.11 Å².